The van der Waals surface area contributed by atoms with Crippen LogP contribution in [0.15, 0.2) is 0 Å². The Hall–Kier alpha value is -1.24. The van der Waals surface area contributed by atoms with Crippen LogP contribution in [0.1, 0.15) is 19.3 Å². The van der Waals surface area contributed by atoms with Gasteiger partial charge in [-0.3, -0.25) is 9.59 Å². The lowest BCUT2D eigenvalue weighted by molar-refractivity contribution is -0.142. The highest BCUT2D eigenvalue weighted by Crippen LogP contribution is 2.02. The second-order valence-corrected chi connectivity index (χ2v) is 4.04. The Morgan fingerprint density at radius 1 is 1.31 bits per heavy atom. The molecule has 0 saturated heterocycles. The van der Waals surface area contributed by atoms with Crippen molar-refractivity contribution in [2.24, 2.45) is 0 Å². The largest absolute Gasteiger partial charge is 0.481 e. The molecule has 0 aliphatic rings. The van der Waals surface area contributed by atoms with E-state index in [4.69, 9.17) is 10.2 Å². The summed E-state index contributed by atoms with van der Waals surface area (Å²) in [5, 5.41) is 19.5. The number of thioether (sulfide) groups is 1. The van der Waals surface area contributed by atoms with Crippen molar-refractivity contribution in [2.45, 2.75) is 25.3 Å². The first-order chi connectivity index (χ1) is 7.47. The Kier molecular flexibility index (Phi) is 7.36. The van der Waals surface area contributed by atoms with Crippen molar-refractivity contribution in [1.29, 1.82) is 0 Å². The molecule has 0 bridgehead atoms. The summed E-state index contributed by atoms with van der Waals surface area (Å²) in [6, 6.07) is -1.00. The molecule has 0 aromatic carbocycles. The number of rotatable bonds is 8. The van der Waals surface area contributed by atoms with Gasteiger partial charge in [0.1, 0.15) is 6.04 Å². The van der Waals surface area contributed by atoms with Gasteiger partial charge in [-0.25, -0.2) is 4.79 Å². The van der Waals surface area contributed by atoms with Crippen LogP contribution in [-0.4, -0.2) is 46.1 Å². The molecule has 0 aromatic heterocycles. The average molecular weight is 249 g/mol. The Morgan fingerprint density at radius 3 is 2.38 bits per heavy atom. The zero-order valence-corrected chi connectivity index (χ0v) is 9.75. The van der Waals surface area contributed by atoms with E-state index in [0.717, 1.165) is 0 Å². The van der Waals surface area contributed by atoms with Crippen LogP contribution in [0.3, 0.4) is 0 Å². The highest BCUT2D eigenvalue weighted by Gasteiger charge is 2.19. The Balaban J connectivity index is 4.02. The first-order valence-electron chi connectivity index (χ1n) is 4.70. The van der Waals surface area contributed by atoms with Crippen LogP contribution < -0.4 is 5.32 Å². The average Bonchev–Trinajstić information content (AvgIpc) is 2.15. The normalized spacial score (nSPS) is 11.8. The summed E-state index contributed by atoms with van der Waals surface area (Å²) >= 11 is 1.29. The smallest absolute Gasteiger partial charge is 0.326 e. The highest BCUT2D eigenvalue weighted by atomic mass is 32.2. The van der Waals surface area contributed by atoms with Crippen molar-refractivity contribution in [3.63, 3.8) is 0 Å². The van der Waals surface area contributed by atoms with Gasteiger partial charge in [0.15, 0.2) is 0 Å². The van der Waals surface area contributed by atoms with E-state index in [2.05, 4.69) is 5.32 Å². The van der Waals surface area contributed by atoms with Crippen molar-refractivity contribution >= 4 is 29.6 Å². The van der Waals surface area contributed by atoms with Crippen LogP contribution in [0.4, 0.5) is 0 Å². The molecule has 0 spiro atoms. The van der Waals surface area contributed by atoms with Gasteiger partial charge in [0.2, 0.25) is 5.91 Å². The topological polar surface area (TPSA) is 104 Å². The van der Waals surface area contributed by atoms with Crippen molar-refractivity contribution in [3.8, 4) is 0 Å². The molecule has 1 atom stereocenters. The fourth-order valence-electron chi connectivity index (χ4n) is 1.08. The number of nitrogens with one attached hydrogen (secondary N) is 1. The number of carboxylic acid groups (broad SMARTS) is 2. The lowest BCUT2D eigenvalue weighted by Gasteiger charge is -2.13. The Bertz CT molecular complexity index is 269. The van der Waals surface area contributed by atoms with Crippen LogP contribution >= 0.6 is 11.8 Å². The maximum absolute atomic E-state index is 11.1. The molecule has 92 valence electrons. The third-order valence-corrected chi connectivity index (χ3v) is 2.34. The van der Waals surface area contributed by atoms with Crippen molar-refractivity contribution in [1.82, 2.24) is 5.32 Å². The van der Waals surface area contributed by atoms with E-state index >= 15 is 0 Å². The molecule has 0 fully saturated rings. The van der Waals surface area contributed by atoms with Gasteiger partial charge in [-0.05, 0) is 19.1 Å². The fraction of sp³-hybridized carbons (Fsp3) is 0.667. The number of carbonyl (C=O) groups excluding carboxylic acids is 1. The SMILES string of the molecule is CSCC(=O)N[C@H](CCCC(=O)O)C(=O)O. The minimum Gasteiger partial charge on any atom is -0.481 e. The molecular formula is C9H15NO5S. The zero-order chi connectivity index (χ0) is 12.6. The second-order valence-electron chi connectivity index (χ2n) is 3.18. The lowest BCUT2D eigenvalue weighted by Crippen LogP contribution is -2.41. The van der Waals surface area contributed by atoms with Crippen LogP contribution in [-0.2, 0) is 14.4 Å². The van der Waals surface area contributed by atoms with Gasteiger partial charge in [0.05, 0.1) is 5.75 Å². The first-order valence-corrected chi connectivity index (χ1v) is 6.09. The van der Waals surface area contributed by atoms with E-state index in [-0.39, 0.29) is 30.9 Å². The lowest BCUT2D eigenvalue weighted by atomic mass is 10.1. The molecule has 0 aliphatic heterocycles. The van der Waals surface area contributed by atoms with E-state index in [0.29, 0.717) is 0 Å². The molecule has 0 aliphatic carbocycles. The van der Waals surface area contributed by atoms with E-state index in [1.54, 1.807) is 6.26 Å². The van der Waals surface area contributed by atoms with Gasteiger partial charge in [-0.2, -0.15) is 11.8 Å². The second kappa shape index (κ2) is 7.98. The molecule has 16 heavy (non-hydrogen) atoms. The van der Waals surface area contributed by atoms with Gasteiger partial charge in [0, 0.05) is 6.42 Å². The molecule has 1 amide bonds. The number of amides is 1. The molecule has 7 heteroatoms. The van der Waals surface area contributed by atoms with Crippen LogP contribution in [0.5, 0.6) is 0 Å². The molecule has 0 rings (SSSR count). The minimum atomic E-state index is -1.14. The van der Waals surface area contributed by atoms with Gasteiger partial charge in [0.25, 0.3) is 0 Å². The molecule has 0 saturated carbocycles. The summed E-state index contributed by atoms with van der Waals surface area (Å²) < 4.78 is 0. The Morgan fingerprint density at radius 2 is 1.94 bits per heavy atom. The summed E-state index contributed by atoms with van der Waals surface area (Å²) in [6.45, 7) is 0. The molecule has 0 radical (unpaired) electrons. The number of aliphatic carboxylic acids is 2. The molecule has 6 nitrogen and oxygen atoms in total. The third-order valence-electron chi connectivity index (χ3n) is 1.79. The number of hydrogen-bond acceptors (Lipinski definition) is 4. The van der Waals surface area contributed by atoms with E-state index in [1.165, 1.54) is 11.8 Å². The van der Waals surface area contributed by atoms with E-state index in [9.17, 15) is 14.4 Å². The maximum atomic E-state index is 11.1. The van der Waals surface area contributed by atoms with Crippen molar-refractivity contribution < 1.29 is 24.6 Å². The highest BCUT2D eigenvalue weighted by molar-refractivity contribution is 7.99. The van der Waals surface area contributed by atoms with Crippen molar-refractivity contribution in [2.75, 3.05) is 12.0 Å². The Labute approximate surface area is 97.4 Å². The molecular weight excluding hydrogens is 234 g/mol. The predicted octanol–water partition coefficient (Wildman–Crippen LogP) is 0.174. The predicted molar refractivity (Wildman–Crippen MR) is 59.4 cm³/mol. The minimum absolute atomic E-state index is 0.0951. The van der Waals surface area contributed by atoms with E-state index in [1.807, 2.05) is 0 Å². The standard InChI is InChI=1S/C9H15NO5S/c1-16-5-7(11)10-6(9(14)15)3-2-4-8(12)13/h6H,2-5H2,1H3,(H,10,11)(H,12,13)(H,14,15)/t6-/m1/s1. The molecule has 0 unspecified atom stereocenters. The van der Waals surface area contributed by atoms with Crippen LogP contribution in [0.25, 0.3) is 0 Å². The quantitative estimate of drug-likeness (QED) is 0.566. The summed E-state index contributed by atoms with van der Waals surface area (Å²) in [7, 11) is 0. The number of carboxylic acids is 2. The number of carbonyl (C=O) groups is 3. The zero-order valence-electron chi connectivity index (χ0n) is 8.93. The van der Waals surface area contributed by atoms with Gasteiger partial charge in [-0.1, -0.05) is 0 Å². The maximum Gasteiger partial charge on any atom is 0.326 e. The summed E-state index contributed by atoms with van der Waals surface area (Å²) in [5.74, 6) is -2.27. The van der Waals surface area contributed by atoms with E-state index < -0.39 is 18.0 Å². The fourth-order valence-corrected chi connectivity index (χ4v) is 1.43. The van der Waals surface area contributed by atoms with Gasteiger partial charge in [-0.15, -0.1) is 0 Å². The monoisotopic (exact) mass is 249 g/mol. The van der Waals surface area contributed by atoms with Gasteiger partial charge >= 0.3 is 11.9 Å². The molecule has 3 N–H and O–H groups in total. The molecule has 0 heterocycles. The summed E-state index contributed by atoms with van der Waals surface area (Å²) in [6.07, 6.45) is 2.00. The molecule has 0 aromatic rings. The van der Waals surface area contributed by atoms with Crippen molar-refractivity contribution in [3.05, 3.63) is 0 Å². The summed E-state index contributed by atoms with van der Waals surface area (Å²) in [5.41, 5.74) is 0. The van der Waals surface area contributed by atoms with Crippen LogP contribution in [0.2, 0.25) is 0 Å². The van der Waals surface area contributed by atoms with Crippen LogP contribution in [0, 0.1) is 0 Å². The number of hydrogen-bond donors (Lipinski definition) is 3. The van der Waals surface area contributed by atoms with Gasteiger partial charge < -0.3 is 15.5 Å². The third kappa shape index (κ3) is 7.10. The first kappa shape index (κ1) is 14.8. The summed E-state index contributed by atoms with van der Waals surface area (Å²) in [4.78, 5) is 32.1.